The molecule has 0 N–H and O–H groups in total. The lowest BCUT2D eigenvalue weighted by Crippen LogP contribution is -2.54. The molecule has 1 aromatic rings. The number of carbonyl (C=O) groups is 1. The van der Waals surface area contributed by atoms with Crippen molar-refractivity contribution in [1.29, 1.82) is 0 Å². The summed E-state index contributed by atoms with van der Waals surface area (Å²) in [6.07, 6.45) is 3.47. The lowest BCUT2D eigenvalue weighted by molar-refractivity contribution is 0.000552. The van der Waals surface area contributed by atoms with Crippen molar-refractivity contribution in [2.75, 3.05) is 19.6 Å². The van der Waals surface area contributed by atoms with E-state index in [4.69, 9.17) is 4.74 Å². The highest BCUT2D eigenvalue weighted by Crippen LogP contribution is 2.16. The molecule has 21 heavy (non-hydrogen) atoms. The molecule has 1 atom stereocenters. The van der Waals surface area contributed by atoms with Crippen LogP contribution in [-0.2, 0) is 11.3 Å². The van der Waals surface area contributed by atoms with Crippen LogP contribution in [0.4, 0.5) is 4.79 Å². The first-order valence-electron chi connectivity index (χ1n) is 7.46. The molecule has 0 aliphatic carbocycles. The number of rotatable bonds is 2. The van der Waals surface area contributed by atoms with Gasteiger partial charge in [0.1, 0.15) is 5.60 Å². The summed E-state index contributed by atoms with van der Waals surface area (Å²) in [6.45, 7) is 11.1. The normalized spacial score (nSPS) is 20.4. The Balaban J connectivity index is 1.89. The predicted molar refractivity (Wildman–Crippen MR) is 81.9 cm³/mol. The zero-order valence-electron chi connectivity index (χ0n) is 13.4. The van der Waals surface area contributed by atoms with Gasteiger partial charge >= 0.3 is 6.09 Å². The van der Waals surface area contributed by atoms with Crippen LogP contribution in [0, 0.1) is 0 Å². The van der Waals surface area contributed by atoms with Crippen molar-refractivity contribution in [2.24, 2.45) is 0 Å². The Bertz CT molecular complexity index is 470. The quantitative estimate of drug-likeness (QED) is 0.840. The van der Waals surface area contributed by atoms with E-state index in [-0.39, 0.29) is 12.1 Å². The van der Waals surface area contributed by atoms with Crippen molar-refractivity contribution < 1.29 is 9.53 Å². The molecule has 1 fully saturated rings. The van der Waals surface area contributed by atoms with Gasteiger partial charge in [0.05, 0.1) is 0 Å². The Morgan fingerprint density at radius 2 is 2.19 bits per heavy atom. The van der Waals surface area contributed by atoms with E-state index in [9.17, 15) is 4.79 Å². The minimum atomic E-state index is -0.441. The minimum absolute atomic E-state index is 0.158. The summed E-state index contributed by atoms with van der Waals surface area (Å²) >= 11 is 0. The van der Waals surface area contributed by atoms with E-state index in [2.05, 4.69) is 22.9 Å². The maximum Gasteiger partial charge on any atom is 0.410 e. The van der Waals surface area contributed by atoms with Gasteiger partial charge in [0.15, 0.2) is 0 Å². The summed E-state index contributed by atoms with van der Waals surface area (Å²) in [7, 11) is 0. The first-order valence-corrected chi connectivity index (χ1v) is 7.46. The summed E-state index contributed by atoms with van der Waals surface area (Å²) in [5.74, 6) is 0. The largest absolute Gasteiger partial charge is 0.444 e. The molecule has 0 bridgehead atoms. The van der Waals surface area contributed by atoms with Crippen LogP contribution in [0.5, 0.6) is 0 Å². The number of carbonyl (C=O) groups excluding carboxylic acids is 1. The van der Waals surface area contributed by atoms with Gasteiger partial charge in [-0.05, 0) is 39.3 Å². The summed E-state index contributed by atoms with van der Waals surface area (Å²) in [4.78, 5) is 20.5. The van der Waals surface area contributed by atoms with Crippen LogP contribution in [0.25, 0.3) is 0 Å². The summed E-state index contributed by atoms with van der Waals surface area (Å²) < 4.78 is 5.46. The number of piperazine rings is 1. The number of ether oxygens (including phenoxy) is 1. The highest BCUT2D eigenvalue weighted by atomic mass is 16.6. The number of aromatic nitrogens is 1. The van der Waals surface area contributed by atoms with Crippen LogP contribution in [0.3, 0.4) is 0 Å². The Labute approximate surface area is 126 Å². The molecule has 1 aromatic heterocycles. The first kappa shape index (κ1) is 15.8. The van der Waals surface area contributed by atoms with Crippen molar-refractivity contribution in [3.63, 3.8) is 0 Å². The molecule has 5 nitrogen and oxygen atoms in total. The highest BCUT2D eigenvalue weighted by molar-refractivity contribution is 5.68. The van der Waals surface area contributed by atoms with Gasteiger partial charge in [-0.2, -0.15) is 0 Å². The molecule has 1 aliphatic heterocycles. The molecule has 1 amide bonds. The Morgan fingerprint density at radius 1 is 1.43 bits per heavy atom. The van der Waals surface area contributed by atoms with Gasteiger partial charge in [0.2, 0.25) is 0 Å². The second kappa shape index (κ2) is 6.43. The number of hydrogen-bond acceptors (Lipinski definition) is 4. The molecule has 0 radical (unpaired) electrons. The fourth-order valence-electron chi connectivity index (χ4n) is 2.52. The molecule has 0 saturated carbocycles. The molecule has 2 heterocycles. The van der Waals surface area contributed by atoms with Gasteiger partial charge < -0.3 is 9.64 Å². The lowest BCUT2D eigenvalue weighted by atomic mass is 10.1. The van der Waals surface area contributed by atoms with Gasteiger partial charge in [0, 0.05) is 44.6 Å². The predicted octanol–water partition coefficient (Wildman–Crippen LogP) is 2.52. The van der Waals surface area contributed by atoms with Crippen LogP contribution in [-0.4, -0.2) is 52.2 Å². The van der Waals surface area contributed by atoms with Gasteiger partial charge in [-0.15, -0.1) is 0 Å². The first-order chi connectivity index (χ1) is 9.85. The number of hydrogen-bond donors (Lipinski definition) is 0. The molecule has 1 aliphatic rings. The fraction of sp³-hybridized carbons (Fsp3) is 0.625. The zero-order valence-corrected chi connectivity index (χ0v) is 13.4. The maximum absolute atomic E-state index is 12.2. The molecule has 5 heteroatoms. The third-order valence-electron chi connectivity index (χ3n) is 3.47. The standard InChI is InChI=1S/C16H25N3O2/c1-13-11-18(12-14-6-5-7-17-10-14)8-9-19(13)15(20)21-16(2,3)4/h5-7,10,13H,8-9,11-12H2,1-4H3/t13-/m1/s1. The second-order valence-corrected chi connectivity index (χ2v) is 6.62. The van der Waals surface area contributed by atoms with Crippen molar-refractivity contribution in [3.8, 4) is 0 Å². The monoisotopic (exact) mass is 291 g/mol. The molecule has 0 unspecified atom stereocenters. The second-order valence-electron chi connectivity index (χ2n) is 6.62. The average molecular weight is 291 g/mol. The van der Waals surface area contributed by atoms with E-state index in [0.29, 0.717) is 6.54 Å². The Morgan fingerprint density at radius 3 is 2.76 bits per heavy atom. The van der Waals surface area contributed by atoms with Gasteiger partial charge in [-0.3, -0.25) is 9.88 Å². The molecular weight excluding hydrogens is 266 g/mol. The van der Waals surface area contributed by atoms with Crippen molar-refractivity contribution in [3.05, 3.63) is 30.1 Å². The average Bonchev–Trinajstić information content (AvgIpc) is 2.37. The fourth-order valence-corrected chi connectivity index (χ4v) is 2.52. The maximum atomic E-state index is 12.2. The summed E-state index contributed by atoms with van der Waals surface area (Å²) in [5, 5.41) is 0. The van der Waals surface area contributed by atoms with E-state index >= 15 is 0 Å². The Hall–Kier alpha value is -1.62. The minimum Gasteiger partial charge on any atom is -0.444 e. The number of pyridine rings is 1. The molecular formula is C16H25N3O2. The molecule has 2 rings (SSSR count). The van der Waals surface area contributed by atoms with Gasteiger partial charge in [0.25, 0.3) is 0 Å². The molecule has 0 aromatic carbocycles. The number of amides is 1. The third-order valence-corrected chi connectivity index (χ3v) is 3.47. The van der Waals surface area contributed by atoms with E-state index in [0.717, 1.165) is 19.6 Å². The van der Waals surface area contributed by atoms with Gasteiger partial charge in [-0.1, -0.05) is 6.07 Å². The highest BCUT2D eigenvalue weighted by Gasteiger charge is 2.30. The van der Waals surface area contributed by atoms with E-state index in [1.165, 1.54) is 5.56 Å². The van der Waals surface area contributed by atoms with E-state index in [1.54, 1.807) is 6.20 Å². The van der Waals surface area contributed by atoms with Crippen molar-refractivity contribution in [2.45, 2.75) is 45.9 Å². The smallest absolute Gasteiger partial charge is 0.410 e. The lowest BCUT2D eigenvalue weighted by Gasteiger charge is -2.40. The van der Waals surface area contributed by atoms with Crippen LogP contribution in [0.1, 0.15) is 33.3 Å². The molecule has 116 valence electrons. The van der Waals surface area contributed by atoms with Crippen LogP contribution in [0.15, 0.2) is 24.5 Å². The van der Waals surface area contributed by atoms with Gasteiger partial charge in [-0.25, -0.2) is 4.79 Å². The summed E-state index contributed by atoms with van der Waals surface area (Å²) in [5.41, 5.74) is 0.763. The molecule has 1 saturated heterocycles. The number of nitrogens with zero attached hydrogens (tertiary/aromatic N) is 3. The molecule has 0 spiro atoms. The van der Waals surface area contributed by atoms with Crippen molar-refractivity contribution in [1.82, 2.24) is 14.8 Å². The van der Waals surface area contributed by atoms with Crippen molar-refractivity contribution >= 4 is 6.09 Å². The third kappa shape index (κ3) is 4.70. The van der Waals surface area contributed by atoms with Crippen LogP contribution >= 0.6 is 0 Å². The summed E-state index contributed by atoms with van der Waals surface area (Å²) in [6, 6.07) is 4.19. The van der Waals surface area contributed by atoms with E-state index in [1.807, 2.05) is 37.9 Å². The topological polar surface area (TPSA) is 45.7 Å². The SMILES string of the molecule is C[C@@H]1CN(Cc2cccnc2)CCN1C(=O)OC(C)(C)C. The van der Waals surface area contributed by atoms with E-state index < -0.39 is 5.60 Å². The zero-order chi connectivity index (χ0) is 15.5. The van der Waals surface area contributed by atoms with Crippen LogP contribution in [0.2, 0.25) is 0 Å². The Kier molecular flexibility index (Phi) is 4.83. The van der Waals surface area contributed by atoms with Crippen LogP contribution < -0.4 is 0 Å².